The number of carbonyl (C=O) groups is 2. The molecule has 1 heterocycles. The predicted molar refractivity (Wildman–Crippen MR) is 121 cm³/mol. The number of methoxy groups -OCH3 is 1. The highest BCUT2D eigenvalue weighted by Crippen LogP contribution is 2.36. The molecule has 2 aromatic carbocycles. The van der Waals surface area contributed by atoms with Crippen LogP contribution in [-0.4, -0.2) is 24.1 Å². The predicted octanol–water partition coefficient (Wildman–Crippen LogP) is 5.19. The van der Waals surface area contributed by atoms with Gasteiger partial charge in [0.25, 0.3) is 5.91 Å². The smallest absolute Gasteiger partial charge is 0.408 e. The zero-order chi connectivity index (χ0) is 24.2. The molecule has 34 heavy (non-hydrogen) atoms. The van der Waals surface area contributed by atoms with Gasteiger partial charge in [0.1, 0.15) is 24.0 Å². The lowest BCUT2D eigenvalue weighted by Gasteiger charge is -2.16. The average Bonchev–Trinajstić information content (AvgIpc) is 3.24. The number of rotatable bonds is 6. The van der Waals surface area contributed by atoms with E-state index in [0.29, 0.717) is 35.5 Å². The summed E-state index contributed by atoms with van der Waals surface area (Å²) in [6, 6.07) is 9.00. The topological polar surface area (TPSA) is 89.6 Å². The number of anilines is 1. The Morgan fingerprint density at radius 2 is 1.94 bits per heavy atom. The number of nitrogens with one attached hydrogen (secondary N) is 2. The molecule has 176 valence electrons. The summed E-state index contributed by atoms with van der Waals surface area (Å²) in [7, 11) is 1.52. The minimum Gasteiger partial charge on any atom is -0.497 e. The second-order valence-electron chi connectivity index (χ2n) is 7.57. The van der Waals surface area contributed by atoms with Crippen LogP contribution in [0.1, 0.15) is 39.6 Å². The lowest BCUT2D eigenvalue weighted by Crippen LogP contribution is -2.28. The lowest BCUT2D eigenvalue weighted by molar-refractivity contribution is 0.102. The fraction of sp³-hybridized carbons (Fsp3) is 0.208. The SMILES string of the molecule is COc1ccnc(COC(=O)N[C@H]2CCc3c(C(=O)Nc4ccc(F)c(Cl)c4)ccc(F)c32)c1. The van der Waals surface area contributed by atoms with Crippen LogP contribution in [0.15, 0.2) is 48.7 Å². The summed E-state index contributed by atoms with van der Waals surface area (Å²) in [6.45, 7) is -0.0895. The van der Waals surface area contributed by atoms with Gasteiger partial charge < -0.3 is 20.1 Å². The van der Waals surface area contributed by atoms with Crippen molar-refractivity contribution in [3.63, 3.8) is 0 Å². The first-order chi connectivity index (χ1) is 16.4. The summed E-state index contributed by atoms with van der Waals surface area (Å²) in [5, 5.41) is 5.16. The molecule has 0 unspecified atom stereocenters. The van der Waals surface area contributed by atoms with Crippen LogP contribution in [-0.2, 0) is 17.8 Å². The molecule has 1 atom stereocenters. The van der Waals surface area contributed by atoms with Gasteiger partial charge in [0, 0.05) is 29.1 Å². The molecule has 3 aromatic rings. The number of fused-ring (bicyclic) bond motifs is 1. The van der Waals surface area contributed by atoms with Crippen LogP contribution < -0.4 is 15.4 Å². The van der Waals surface area contributed by atoms with E-state index in [0.717, 1.165) is 6.07 Å². The van der Waals surface area contributed by atoms with Crippen LogP contribution in [0.5, 0.6) is 5.75 Å². The molecule has 1 aliphatic carbocycles. The highest BCUT2D eigenvalue weighted by molar-refractivity contribution is 6.31. The third-order valence-electron chi connectivity index (χ3n) is 5.42. The van der Waals surface area contributed by atoms with Gasteiger partial charge in [-0.2, -0.15) is 0 Å². The molecule has 7 nitrogen and oxygen atoms in total. The molecule has 0 radical (unpaired) electrons. The number of hydrogen-bond donors (Lipinski definition) is 2. The summed E-state index contributed by atoms with van der Waals surface area (Å²) >= 11 is 5.77. The zero-order valence-electron chi connectivity index (χ0n) is 18.0. The molecule has 0 bridgehead atoms. The lowest BCUT2D eigenvalue weighted by atomic mass is 10.0. The maximum Gasteiger partial charge on any atom is 0.408 e. The van der Waals surface area contributed by atoms with Crippen LogP contribution in [0.4, 0.5) is 19.3 Å². The molecule has 1 aromatic heterocycles. The fourth-order valence-corrected chi connectivity index (χ4v) is 4.01. The van der Waals surface area contributed by atoms with Gasteiger partial charge in [-0.15, -0.1) is 0 Å². The zero-order valence-corrected chi connectivity index (χ0v) is 18.8. The third-order valence-corrected chi connectivity index (χ3v) is 5.71. The molecule has 0 fully saturated rings. The molecule has 0 aliphatic heterocycles. The highest BCUT2D eigenvalue weighted by Gasteiger charge is 2.31. The summed E-state index contributed by atoms with van der Waals surface area (Å²) in [5.41, 5.74) is 1.78. The van der Waals surface area contributed by atoms with Gasteiger partial charge in [0.05, 0.1) is 23.9 Å². The van der Waals surface area contributed by atoms with Crippen molar-refractivity contribution in [1.82, 2.24) is 10.3 Å². The molecule has 0 saturated carbocycles. The monoisotopic (exact) mass is 487 g/mol. The molecule has 2 N–H and O–H groups in total. The number of pyridine rings is 1. The average molecular weight is 488 g/mol. The second kappa shape index (κ2) is 10.0. The first kappa shape index (κ1) is 23.4. The van der Waals surface area contributed by atoms with Gasteiger partial charge in [-0.05, 0) is 54.8 Å². The number of aromatic nitrogens is 1. The molecule has 1 aliphatic rings. The summed E-state index contributed by atoms with van der Waals surface area (Å²) in [4.78, 5) is 29.3. The number of alkyl carbamates (subject to hydrolysis) is 1. The van der Waals surface area contributed by atoms with Crippen LogP contribution in [0.2, 0.25) is 5.02 Å². The largest absolute Gasteiger partial charge is 0.497 e. The van der Waals surface area contributed by atoms with Crippen LogP contribution in [0.25, 0.3) is 0 Å². The number of halogens is 3. The Morgan fingerprint density at radius 1 is 1.15 bits per heavy atom. The van der Waals surface area contributed by atoms with Crippen molar-refractivity contribution in [3.8, 4) is 5.75 Å². The van der Waals surface area contributed by atoms with E-state index in [2.05, 4.69) is 15.6 Å². The third kappa shape index (κ3) is 5.09. The fourth-order valence-electron chi connectivity index (χ4n) is 3.83. The molecule has 0 spiro atoms. The van der Waals surface area contributed by atoms with E-state index in [1.807, 2.05) is 0 Å². The van der Waals surface area contributed by atoms with Gasteiger partial charge in [-0.25, -0.2) is 13.6 Å². The quantitative estimate of drug-likeness (QED) is 0.499. The molecule has 0 saturated heterocycles. The minimum absolute atomic E-state index is 0.0895. The van der Waals surface area contributed by atoms with Crippen molar-refractivity contribution in [2.24, 2.45) is 0 Å². The number of benzene rings is 2. The van der Waals surface area contributed by atoms with E-state index >= 15 is 0 Å². The van der Waals surface area contributed by atoms with E-state index < -0.39 is 29.7 Å². The summed E-state index contributed by atoms with van der Waals surface area (Å²) < 4.78 is 38.4. The van der Waals surface area contributed by atoms with Crippen LogP contribution in [0.3, 0.4) is 0 Å². The van der Waals surface area contributed by atoms with Gasteiger partial charge in [-0.3, -0.25) is 9.78 Å². The highest BCUT2D eigenvalue weighted by atomic mass is 35.5. The van der Waals surface area contributed by atoms with Crippen molar-refractivity contribution in [1.29, 1.82) is 0 Å². The number of hydrogen-bond acceptors (Lipinski definition) is 5. The van der Waals surface area contributed by atoms with E-state index in [9.17, 15) is 18.4 Å². The first-order valence-corrected chi connectivity index (χ1v) is 10.7. The number of ether oxygens (including phenoxy) is 2. The van der Waals surface area contributed by atoms with E-state index in [4.69, 9.17) is 21.1 Å². The van der Waals surface area contributed by atoms with Gasteiger partial charge >= 0.3 is 6.09 Å². The van der Waals surface area contributed by atoms with Crippen molar-refractivity contribution in [2.45, 2.75) is 25.5 Å². The maximum absolute atomic E-state index is 14.7. The van der Waals surface area contributed by atoms with Crippen LogP contribution >= 0.6 is 11.6 Å². The normalized spacial score (nSPS) is 14.3. The number of carbonyl (C=O) groups excluding carboxylic acids is 2. The molecule has 4 rings (SSSR count). The number of amides is 2. The van der Waals surface area contributed by atoms with Crippen molar-refractivity contribution >= 4 is 29.3 Å². The van der Waals surface area contributed by atoms with Gasteiger partial charge in [0.15, 0.2) is 0 Å². The Labute approximate surface area is 199 Å². The van der Waals surface area contributed by atoms with E-state index in [1.165, 1.54) is 37.6 Å². The summed E-state index contributed by atoms with van der Waals surface area (Å²) in [5.74, 6) is -1.06. The van der Waals surface area contributed by atoms with E-state index in [-0.39, 0.29) is 22.8 Å². The Morgan fingerprint density at radius 3 is 2.71 bits per heavy atom. The van der Waals surface area contributed by atoms with Crippen molar-refractivity contribution < 1.29 is 27.8 Å². The van der Waals surface area contributed by atoms with E-state index in [1.54, 1.807) is 12.1 Å². The molecular weight excluding hydrogens is 468 g/mol. The Bertz CT molecular complexity index is 1250. The Kier molecular flexibility index (Phi) is 6.93. The molecular formula is C24H20ClF2N3O4. The Balaban J connectivity index is 1.45. The Hall–Kier alpha value is -3.72. The first-order valence-electron chi connectivity index (χ1n) is 10.4. The van der Waals surface area contributed by atoms with Crippen molar-refractivity contribution in [2.75, 3.05) is 12.4 Å². The number of nitrogens with zero attached hydrogens (tertiary/aromatic N) is 1. The van der Waals surface area contributed by atoms with Crippen LogP contribution in [0, 0.1) is 11.6 Å². The standard InChI is InChI=1S/C24H20ClF2N3O4/c1-33-15-8-9-28-14(10-15)12-34-24(32)30-21-7-4-16-17(3-6-20(27)22(16)21)23(31)29-13-2-5-19(26)18(25)11-13/h2-3,5-6,8-11,21H,4,7,12H2,1H3,(H,29,31)(H,30,32)/t21-/m0/s1. The maximum atomic E-state index is 14.7. The molecule has 10 heteroatoms. The van der Waals surface area contributed by atoms with Crippen molar-refractivity contribution in [3.05, 3.63) is 87.7 Å². The van der Waals surface area contributed by atoms with Gasteiger partial charge in [0.2, 0.25) is 0 Å². The summed E-state index contributed by atoms with van der Waals surface area (Å²) in [6.07, 6.45) is 1.57. The second-order valence-corrected chi connectivity index (χ2v) is 7.98. The molecule has 2 amide bonds. The minimum atomic E-state index is -0.738. The van der Waals surface area contributed by atoms with Gasteiger partial charge in [-0.1, -0.05) is 11.6 Å².